The molecule has 132 valence electrons. The summed E-state index contributed by atoms with van der Waals surface area (Å²) in [5, 5.41) is 2.78. The van der Waals surface area contributed by atoms with Crippen molar-refractivity contribution < 1.29 is 14.3 Å². The zero-order valence-corrected chi connectivity index (χ0v) is 14.5. The third-order valence-corrected chi connectivity index (χ3v) is 3.76. The standard InChI is InChI=1S/C21H20N2O3/c1-16-11-12-22-13-20(16)23-21(24)15-26-19-9-7-18(8-10-19)25-14-17-5-3-2-4-6-17/h2-13H,14-15H2,1H3,(H,23,24). The van der Waals surface area contributed by atoms with Gasteiger partial charge in [-0.15, -0.1) is 0 Å². The molecule has 1 N–H and O–H groups in total. The number of pyridine rings is 1. The first kappa shape index (κ1) is 17.5. The molecule has 3 aromatic rings. The fraction of sp³-hybridized carbons (Fsp3) is 0.143. The number of aryl methyl sites for hydroxylation is 1. The Kier molecular flexibility index (Phi) is 5.83. The Balaban J connectivity index is 1.46. The van der Waals surface area contributed by atoms with E-state index in [1.165, 1.54) is 0 Å². The van der Waals surface area contributed by atoms with E-state index in [-0.39, 0.29) is 12.5 Å². The van der Waals surface area contributed by atoms with Gasteiger partial charge in [0.2, 0.25) is 0 Å². The lowest BCUT2D eigenvalue weighted by atomic mass is 10.2. The van der Waals surface area contributed by atoms with Gasteiger partial charge in [-0.3, -0.25) is 9.78 Å². The van der Waals surface area contributed by atoms with Crippen LogP contribution in [0, 0.1) is 6.92 Å². The van der Waals surface area contributed by atoms with E-state index in [1.807, 2.05) is 55.5 Å². The summed E-state index contributed by atoms with van der Waals surface area (Å²) in [6.45, 7) is 2.35. The molecular weight excluding hydrogens is 328 g/mol. The van der Waals surface area contributed by atoms with E-state index < -0.39 is 0 Å². The van der Waals surface area contributed by atoms with Gasteiger partial charge in [0.1, 0.15) is 18.1 Å². The Hall–Kier alpha value is -3.34. The van der Waals surface area contributed by atoms with Crippen LogP contribution in [0.25, 0.3) is 0 Å². The zero-order valence-electron chi connectivity index (χ0n) is 14.5. The van der Waals surface area contributed by atoms with Crippen LogP contribution in [0.3, 0.4) is 0 Å². The number of nitrogens with one attached hydrogen (secondary N) is 1. The fourth-order valence-corrected chi connectivity index (χ4v) is 2.30. The minimum Gasteiger partial charge on any atom is -0.489 e. The first-order chi connectivity index (χ1) is 12.7. The number of aromatic nitrogens is 1. The van der Waals surface area contributed by atoms with Gasteiger partial charge in [-0.25, -0.2) is 0 Å². The van der Waals surface area contributed by atoms with E-state index >= 15 is 0 Å². The van der Waals surface area contributed by atoms with Crippen molar-refractivity contribution in [1.29, 1.82) is 0 Å². The number of carbonyl (C=O) groups excluding carboxylic acids is 1. The van der Waals surface area contributed by atoms with Gasteiger partial charge in [-0.2, -0.15) is 0 Å². The van der Waals surface area contributed by atoms with Crippen molar-refractivity contribution in [2.24, 2.45) is 0 Å². The third kappa shape index (κ3) is 5.08. The maximum atomic E-state index is 12.0. The quantitative estimate of drug-likeness (QED) is 0.701. The van der Waals surface area contributed by atoms with Gasteiger partial charge in [0, 0.05) is 6.20 Å². The van der Waals surface area contributed by atoms with Crippen molar-refractivity contribution in [1.82, 2.24) is 4.98 Å². The van der Waals surface area contributed by atoms with Crippen LogP contribution in [0.2, 0.25) is 0 Å². The normalized spacial score (nSPS) is 10.2. The molecule has 1 heterocycles. The first-order valence-electron chi connectivity index (χ1n) is 8.31. The van der Waals surface area contributed by atoms with E-state index in [0.717, 1.165) is 16.9 Å². The maximum Gasteiger partial charge on any atom is 0.262 e. The fourth-order valence-electron chi connectivity index (χ4n) is 2.30. The molecule has 5 nitrogen and oxygen atoms in total. The lowest BCUT2D eigenvalue weighted by Gasteiger charge is -2.10. The number of carbonyl (C=O) groups is 1. The highest BCUT2D eigenvalue weighted by molar-refractivity contribution is 5.92. The second kappa shape index (κ2) is 8.67. The number of ether oxygens (including phenoxy) is 2. The van der Waals surface area contributed by atoms with Gasteiger partial charge in [-0.1, -0.05) is 30.3 Å². The Morgan fingerprint density at radius 3 is 2.35 bits per heavy atom. The molecule has 0 aliphatic rings. The predicted molar refractivity (Wildman–Crippen MR) is 100 cm³/mol. The molecule has 5 heteroatoms. The van der Waals surface area contributed by atoms with Crippen LogP contribution in [0.5, 0.6) is 11.5 Å². The highest BCUT2D eigenvalue weighted by Gasteiger charge is 2.06. The number of hydrogen-bond donors (Lipinski definition) is 1. The lowest BCUT2D eigenvalue weighted by molar-refractivity contribution is -0.118. The smallest absolute Gasteiger partial charge is 0.262 e. The monoisotopic (exact) mass is 348 g/mol. The Bertz CT molecular complexity index is 849. The predicted octanol–water partition coefficient (Wildman–Crippen LogP) is 3.99. The summed E-state index contributed by atoms with van der Waals surface area (Å²) in [5.41, 5.74) is 2.74. The van der Waals surface area contributed by atoms with Gasteiger partial charge >= 0.3 is 0 Å². The molecule has 0 unspecified atom stereocenters. The molecule has 1 amide bonds. The number of amides is 1. The molecule has 1 aromatic heterocycles. The molecule has 3 rings (SSSR count). The van der Waals surface area contributed by atoms with Gasteiger partial charge in [0.15, 0.2) is 6.61 Å². The number of hydrogen-bond acceptors (Lipinski definition) is 4. The average molecular weight is 348 g/mol. The summed E-state index contributed by atoms with van der Waals surface area (Å²) in [7, 11) is 0. The Labute approximate surface area is 152 Å². The van der Waals surface area contributed by atoms with Crippen molar-refractivity contribution in [2.75, 3.05) is 11.9 Å². The second-order valence-electron chi connectivity index (χ2n) is 5.77. The van der Waals surface area contributed by atoms with Crippen molar-refractivity contribution in [2.45, 2.75) is 13.5 Å². The van der Waals surface area contributed by atoms with Crippen molar-refractivity contribution in [3.05, 3.63) is 84.2 Å². The van der Waals surface area contributed by atoms with Crippen LogP contribution < -0.4 is 14.8 Å². The average Bonchev–Trinajstić information content (AvgIpc) is 2.68. The zero-order chi connectivity index (χ0) is 18.2. The Morgan fingerprint density at radius 2 is 1.65 bits per heavy atom. The molecule has 0 spiro atoms. The van der Waals surface area contributed by atoms with Gasteiger partial charge in [0.05, 0.1) is 11.9 Å². The van der Waals surface area contributed by atoms with Crippen LogP contribution >= 0.6 is 0 Å². The summed E-state index contributed by atoms with van der Waals surface area (Å²) in [6, 6.07) is 19.0. The number of anilines is 1. The SMILES string of the molecule is Cc1ccncc1NC(=O)COc1ccc(OCc2ccccc2)cc1. The summed E-state index contributed by atoms with van der Waals surface area (Å²) >= 11 is 0. The number of benzene rings is 2. The third-order valence-electron chi connectivity index (χ3n) is 3.76. The van der Waals surface area contributed by atoms with Crippen molar-refractivity contribution in [3.63, 3.8) is 0 Å². The summed E-state index contributed by atoms with van der Waals surface area (Å²) in [4.78, 5) is 16.0. The van der Waals surface area contributed by atoms with Crippen molar-refractivity contribution >= 4 is 11.6 Å². The number of rotatable bonds is 7. The number of nitrogens with zero attached hydrogens (tertiary/aromatic N) is 1. The van der Waals surface area contributed by atoms with Crippen LogP contribution in [-0.4, -0.2) is 17.5 Å². The Morgan fingerprint density at radius 1 is 0.962 bits per heavy atom. The summed E-state index contributed by atoms with van der Waals surface area (Å²) in [6.07, 6.45) is 3.30. The van der Waals surface area contributed by atoms with Gasteiger partial charge in [0.25, 0.3) is 5.91 Å². The lowest BCUT2D eigenvalue weighted by Crippen LogP contribution is -2.20. The van der Waals surface area contributed by atoms with Crippen molar-refractivity contribution in [3.8, 4) is 11.5 Å². The molecule has 0 fully saturated rings. The van der Waals surface area contributed by atoms with Crippen LogP contribution in [-0.2, 0) is 11.4 Å². The maximum absolute atomic E-state index is 12.0. The van der Waals surface area contributed by atoms with E-state index in [2.05, 4.69) is 10.3 Å². The molecule has 2 aromatic carbocycles. The largest absolute Gasteiger partial charge is 0.489 e. The van der Waals surface area contributed by atoms with E-state index in [4.69, 9.17) is 9.47 Å². The van der Waals surface area contributed by atoms with Crippen LogP contribution in [0.15, 0.2) is 73.1 Å². The molecule has 0 atom stereocenters. The highest BCUT2D eigenvalue weighted by Crippen LogP contribution is 2.19. The minimum absolute atomic E-state index is 0.0709. The van der Waals surface area contributed by atoms with Gasteiger partial charge < -0.3 is 14.8 Å². The molecule has 26 heavy (non-hydrogen) atoms. The molecule has 0 bridgehead atoms. The molecular formula is C21H20N2O3. The molecule has 0 aliphatic heterocycles. The van der Waals surface area contributed by atoms with E-state index in [1.54, 1.807) is 24.5 Å². The molecule has 0 radical (unpaired) electrons. The second-order valence-corrected chi connectivity index (χ2v) is 5.77. The highest BCUT2D eigenvalue weighted by atomic mass is 16.5. The van der Waals surface area contributed by atoms with Gasteiger partial charge in [-0.05, 0) is 48.4 Å². The van der Waals surface area contributed by atoms with Crippen LogP contribution in [0.1, 0.15) is 11.1 Å². The topological polar surface area (TPSA) is 60.5 Å². The molecule has 0 aliphatic carbocycles. The summed E-state index contributed by atoms with van der Waals surface area (Å²) < 4.78 is 11.2. The first-order valence-corrected chi connectivity index (χ1v) is 8.31. The molecule has 0 saturated heterocycles. The summed E-state index contributed by atoms with van der Waals surface area (Å²) in [5.74, 6) is 1.12. The van der Waals surface area contributed by atoms with Crippen LogP contribution in [0.4, 0.5) is 5.69 Å². The van der Waals surface area contributed by atoms with E-state index in [0.29, 0.717) is 18.0 Å². The minimum atomic E-state index is -0.231. The molecule has 0 saturated carbocycles. The van der Waals surface area contributed by atoms with E-state index in [9.17, 15) is 4.79 Å².